The van der Waals surface area contributed by atoms with Gasteiger partial charge in [-0.15, -0.1) is 0 Å². The number of hydrogen-bond donors (Lipinski definition) is 2. The van der Waals surface area contributed by atoms with Crippen molar-refractivity contribution in [3.05, 3.63) is 23.8 Å². The molecule has 0 unspecified atom stereocenters. The van der Waals surface area contributed by atoms with Crippen molar-refractivity contribution in [2.75, 3.05) is 18.5 Å². The molecule has 1 aromatic carbocycles. The van der Waals surface area contributed by atoms with E-state index < -0.39 is 0 Å². The van der Waals surface area contributed by atoms with Crippen LogP contribution in [-0.4, -0.2) is 18.7 Å². The second-order valence-electron chi connectivity index (χ2n) is 4.99. The Hall–Kier alpha value is -1.22. The van der Waals surface area contributed by atoms with Crippen LogP contribution in [0.3, 0.4) is 0 Å². The van der Waals surface area contributed by atoms with E-state index in [-0.39, 0.29) is 5.54 Å². The highest BCUT2D eigenvalue weighted by Gasteiger charge is 2.37. The molecule has 1 heterocycles. The van der Waals surface area contributed by atoms with Crippen molar-refractivity contribution >= 4 is 5.69 Å². The number of benzene rings is 1. The fraction of sp³-hybridized carbons (Fsp3) is 0.538. The third-order valence-electron chi connectivity index (χ3n) is 3.45. The molecule has 86 valence electrons. The Morgan fingerprint density at radius 3 is 3.06 bits per heavy atom. The fourth-order valence-electron chi connectivity index (χ4n) is 2.09. The van der Waals surface area contributed by atoms with Crippen LogP contribution in [0, 0.1) is 0 Å². The number of ether oxygens (including phenoxy) is 1. The smallest absolute Gasteiger partial charge is 0.122 e. The van der Waals surface area contributed by atoms with Crippen molar-refractivity contribution in [3.8, 4) is 5.75 Å². The Kier molecular flexibility index (Phi) is 2.28. The first kappa shape index (κ1) is 9.97. The first-order valence-corrected chi connectivity index (χ1v) is 6.04. The zero-order valence-corrected chi connectivity index (χ0v) is 9.46. The van der Waals surface area contributed by atoms with Gasteiger partial charge in [-0.2, -0.15) is 0 Å². The third kappa shape index (κ3) is 2.00. The molecule has 0 saturated heterocycles. The van der Waals surface area contributed by atoms with Gasteiger partial charge in [0.1, 0.15) is 5.75 Å². The zero-order valence-electron chi connectivity index (χ0n) is 9.46. The van der Waals surface area contributed by atoms with Gasteiger partial charge in [-0.05, 0) is 49.4 Å². The van der Waals surface area contributed by atoms with Crippen LogP contribution in [0.25, 0.3) is 0 Å². The largest absolute Gasteiger partial charge is 0.493 e. The van der Waals surface area contributed by atoms with Crippen LogP contribution >= 0.6 is 0 Å². The Morgan fingerprint density at radius 1 is 1.38 bits per heavy atom. The first-order chi connectivity index (χ1) is 7.75. The lowest BCUT2D eigenvalue weighted by Crippen LogP contribution is -2.31. The van der Waals surface area contributed by atoms with Crippen molar-refractivity contribution in [1.82, 2.24) is 0 Å². The molecule has 16 heavy (non-hydrogen) atoms. The quantitative estimate of drug-likeness (QED) is 0.814. The summed E-state index contributed by atoms with van der Waals surface area (Å²) in [5.74, 6) is 1.05. The van der Waals surface area contributed by atoms with Gasteiger partial charge >= 0.3 is 0 Å². The number of anilines is 1. The van der Waals surface area contributed by atoms with Gasteiger partial charge in [0.25, 0.3) is 0 Å². The average Bonchev–Trinajstić information content (AvgIpc) is 3.05. The van der Waals surface area contributed by atoms with Crippen LogP contribution in [-0.2, 0) is 6.42 Å². The van der Waals surface area contributed by atoms with Crippen LogP contribution in [0.4, 0.5) is 5.69 Å². The molecule has 1 aliphatic carbocycles. The van der Waals surface area contributed by atoms with Gasteiger partial charge in [0, 0.05) is 17.8 Å². The predicted molar refractivity (Wildman–Crippen MR) is 64.9 cm³/mol. The Bertz CT molecular complexity index is 399. The number of aryl methyl sites for hydroxylation is 1. The molecule has 3 heteroatoms. The summed E-state index contributed by atoms with van der Waals surface area (Å²) in [7, 11) is 0. The summed E-state index contributed by atoms with van der Waals surface area (Å²) in [4.78, 5) is 0. The monoisotopic (exact) mass is 218 g/mol. The Labute approximate surface area is 96.0 Å². The summed E-state index contributed by atoms with van der Waals surface area (Å²) in [6.07, 6.45) is 4.54. The standard InChI is InChI=1S/C13H18N2O/c14-13(5-6-13)9-15-11-3-4-12-10(8-11)2-1-7-16-12/h3-4,8,15H,1-2,5-7,9,14H2. The molecule has 3 rings (SSSR count). The topological polar surface area (TPSA) is 47.3 Å². The third-order valence-corrected chi connectivity index (χ3v) is 3.45. The maximum atomic E-state index is 6.05. The van der Waals surface area contributed by atoms with Gasteiger partial charge in [0.2, 0.25) is 0 Å². The lowest BCUT2D eigenvalue weighted by molar-refractivity contribution is 0.288. The fourth-order valence-corrected chi connectivity index (χ4v) is 2.09. The number of fused-ring (bicyclic) bond motifs is 1. The molecule has 1 fully saturated rings. The van der Waals surface area contributed by atoms with E-state index in [9.17, 15) is 0 Å². The van der Waals surface area contributed by atoms with E-state index in [1.165, 1.54) is 11.3 Å². The van der Waals surface area contributed by atoms with Crippen molar-refractivity contribution in [2.24, 2.45) is 5.73 Å². The van der Waals surface area contributed by atoms with E-state index in [0.717, 1.165) is 44.6 Å². The molecule has 3 N–H and O–H groups in total. The van der Waals surface area contributed by atoms with Crippen LogP contribution in [0.15, 0.2) is 18.2 Å². The second kappa shape index (κ2) is 3.67. The minimum absolute atomic E-state index is 0.0619. The van der Waals surface area contributed by atoms with E-state index in [0.29, 0.717) is 0 Å². The van der Waals surface area contributed by atoms with Crippen LogP contribution in [0.2, 0.25) is 0 Å². The second-order valence-corrected chi connectivity index (χ2v) is 4.99. The molecule has 1 aromatic rings. The maximum Gasteiger partial charge on any atom is 0.122 e. The van der Waals surface area contributed by atoms with Gasteiger partial charge in [-0.25, -0.2) is 0 Å². The summed E-state index contributed by atoms with van der Waals surface area (Å²) in [5, 5.41) is 3.42. The van der Waals surface area contributed by atoms with E-state index in [4.69, 9.17) is 10.5 Å². The molecule has 0 radical (unpaired) electrons. The van der Waals surface area contributed by atoms with Crippen LogP contribution < -0.4 is 15.8 Å². The van der Waals surface area contributed by atoms with E-state index in [1.54, 1.807) is 0 Å². The van der Waals surface area contributed by atoms with Gasteiger partial charge in [-0.1, -0.05) is 0 Å². The summed E-state index contributed by atoms with van der Waals surface area (Å²) in [6, 6.07) is 6.34. The molecule has 0 atom stereocenters. The Morgan fingerprint density at radius 2 is 2.25 bits per heavy atom. The molecule has 0 bridgehead atoms. The molecule has 1 aliphatic heterocycles. The molecule has 3 nitrogen and oxygen atoms in total. The zero-order chi connectivity index (χ0) is 11.0. The number of nitrogens with one attached hydrogen (secondary N) is 1. The average molecular weight is 218 g/mol. The lowest BCUT2D eigenvalue weighted by Gasteiger charge is -2.19. The Balaban J connectivity index is 1.70. The van der Waals surface area contributed by atoms with Gasteiger partial charge in [0.15, 0.2) is 0 Å². The maximum absolute atomic E-state index is 6.05. The highest BCUT2D eigenvalue weighted by Crippen LogP contribution is 2.33. The molecular formula is C13H18N2O. The van der Waals surface area contributed by atoms with Crippen molar-refractivity contribution in [1.29, 1.82) is 0 Å². The van der Waals surface area contributed by atoms with Crippen LogP contribution in [0.5, 0.6) is 5.75 Å². The molecule has 2 aliphatic rings. The SMILES string of the molecule is NC1(CNc2ccc3c(c2)CCCO3)CC1. The molecule has 0 spiro atoms. The minimum Gasteiger partial charge on any atom is -0.493 e. The van der Waals surface area contributed by atoms with Gasteiger partial charge < -0.3 is 15.8 Å². The molecule has 0 aromatic heterocycles. The minimum atomic E-state index is 0.0619. The van der Waals surface area contributed by atoms with Gasteiger partial charge in [-0.3, -0.25) is 0 Å². The lowest BCUT2D eigenvalue weighted by atomic mass is 10.1. The van der Waals surface area contributed by atoms with E-state index in [1.807, 2.05) is 0 Å². The van der Waals surface area contributed by atoms with Crippen molar-refractivity contribution < 1.29 is 4.74 Å². The van der Waals surface area contributed by atoms with E-state index in [2.05, 4.69) is 23.5 Å². The molecule has 1 saturated carbocycles. The summed E-state index contributed by atoms with van der Waals surface area (Å²) in [5.41, 5.74) is 8.59. The first-order valence-electron chi connectivity index (χ1n) is 6.04. The normalized spacial score (nSPS) is 20.8. The number of nitrogens with two attached hydrogens (primary N) is 1. The number of rotatable bonds is 3. The summed E-state index contributed by atoms with van der Waals surface area (Å²) < 4.78 is 5.58. The molecular weight excluding hydrogens is 200 g/mol. The van der Waals surface area contributed by atoms with Gasteiger partial charge in [0.05, 0.1) is 6.61 Å². The molecule has 0 amide bonds. The van der Waals surface area contributed by atoms with E-state index >= 15 is 0 Å². The predicted octanol–water partition coefficient (Wildman–Crippen LogP) is 1.91. The highest BCUT2D eigenvalue weighted by atomic mass is 16.5. The van der Waals surface area contributed by atoms with Crippen LogP contribution in [0.1, 0.15) is 24.8 Å². The summed E-state index contributed by atoms with van der Waals surface area (Å²) in [6.45, 7) is 1.73. The van der Waals surface area contributed by atoms with Crippen molar-refractivity contribution in [2.45, 2.75) is 31.2 Å². The number of hydrogen-bond acceptors (Lipinski definition) is 3. The highest BCUT2D eigenvalue weighted by molar-refractivity contribution is 5.52. The summed E-state index contributed by atoms with van der Waals surface area (Å²) >= 11 is 0. The van der Waals surface area contributed by atoms with Crippen molar-refractivity contribution in [3.63, 3.8) is 0 Å².